The number of aliphatic hydroxyl groups is 1. The number of ether oxygens (including phenoxy) is 1. The van der Waals surface area contributed by atoms with Crippen molar-refractivity contribution in [2.24, 2.45) is 0 Å². The van der Waals surface area contributed by atoms with Crippen LogP contribution in [0.25, 0.3) is 0 Å². The van der Waals surface area contributed by atoms with Gasteiger partial charge in [0.05, 0.1) is 12.1 Å². The van der Waals surface area contributed by atoms with Crippen molar-refractivity contribution >= 4 is 5.91 Å². The van der Waals surface area contributed by atoms with Gasteiger partial charge in [0.2, 0.25) is 0 Å². The largest absolute Gasteiger partial charge is 0.481 e. The number of hydrogen-bond donors (Lipinski definition) is 2. The summed E-state index contributed by atoms with van der Waals surface area (Å²) in [5, 5.41) is 12.6. The van der Waals surface area contributed by atoms with Crippen molar-refractivity contribution in [3.8, 4) is 5.75 Å². The first-order valence-corrected chi connectivity index (χ1v) is 6.97. The van der Waals surface area contributed by atoms with Gasteiger partial charge in [0.25, 0.3) is 5.91 Å². The summed E-state index contributed by atoms with van der Waals surface area (Å²) in [5.74, 6) is -0.168. The van der Waals surface area contributed by atoms with Gasteiger partial charge in [-0.1, -0.05) is 12.8 Å². The molecule has 0 bridgehead atoms. The van der Waals surface area contributed by atoms with Gasteiger partial charge in [0.15, 0.2) is 6.10 Å². The Kier molecular flexibility index (Phi) is 4.95. The van der Waals surface area contributed by atoms with Crippen molar-refractivity contribution in [3.05, 3.63) is 30.1 Å². The Morgan fingerprint density at radius 1 is 1.35 bits per heavy atom. The molecule has 5 heteroatoms. The van der Waals surface area contributed by atoms with Gasteiger partial charge < -0.3 is 15.2 Å². The zero-order valence-corrected chi connectivity index (χ0v) is 11.5. The molecule has 110 valence electrons. The Bertz CT molecular complexity index is 449. The molecular weight excluding hydrogens is 261 g/mol. The number of hydrogen-bond acceptors (Lipinski definition) is 3. The van der Waals surface area contributed by atoms with Crippen molar-refractivity contribution in [1.29, 1.82) is 0 Å². The molecule has 1 aliphatic rings. The van der Waals surface area contributed by atoms with Crippen LogP contribution in [0, 0.1) is 5.82 Å². The van der Waals surface area contributed by atoms with E-state index in [2.05, 4.69) is 5.32 Å². The second-order valence-corrected chi connectivity index (χ2v) is 5.18. The fraction of sp³-hybridized carbons (Fsp3) is 0.533. The number of halogens is 1. The van der Waals surface area contributed by atoms with Crippen LogP contribution in [0.4, 0.5) is 4.39 Å². The lowest BCUT2D eigenvalue weighted by atomic mass is 9.92. The Morgan fingerprint density at radius 2 is 2.00 bits per heavy atom. The van der Waals surface area contributed by atoms with Crippen LogP contribution in [0.5, 0.6) is 5.75 Å². The summed E-state index contributed by atoms with van der Waals surface area (Å²) in [6.07, 6.45) is 2.35. The number of benzene rings is 1. The summed E-state index contributed by atoms with van der Waals surface area (Å²) in [6.45, 7) is 1.63. The molecule has 20 heavy (non-hydrogen) atoms. The van der Waals surface area contributed by atoms with Crippen molar-refractivity contribution < 1.29 is 19.0 Å². The van der Waals surface area contributed by atoms with Crippen LogP contribution in [-0.2, 0) is 4.79 Å². The predicted octanol–water partition coefficient (Wildman–Crippen LogP) is 2.01. The average Bonchev–Trinajstić information content (AvgIpc) is 2.44. The topological polar surface area (TPSA) is 58.6 Å². The van der Waals surface area contributed by atoms with Crippen molar-refractivity contribution in [1.82, 2.24) is 5.32 Å². The highest BCUT2D eigenvalue weighted by atomic mass is 19.1. The molecule has 2 rings (SSSR count). The van der Waals surface area contributed by atoms with E-state index in [9.17, 15) is 14.3 Å². The van der Waals surface area contributed by atoms with Gasteiger partial charge in [-0.2, -0.15) is 0 Å². The smallest absolute Gasteiger partial charge is 0.261 e. The highest BCUT2D eigenvalue weighted by Gasteiger charge is 2.26. The Labute approximate surface area is 117 Å². The fourth-order valence-electron chi connectivity index (χ4n) is 2.35. The minimum atomic E-state index is -0.686. The fourth-order valence-corrected chi connectivity index (χ4v) is 2.35. The Hall–Kier alpha value is -1.62. The monoisotopic (exact) mass is 281 g/mol. The molecule has 0 heterocycles. The summed E-state index contributed by atoms with van der Waals surface area (Å²) in [6, 6.07) is 5.33. The lowest BCUT2D eigenvalue weighted by molar-refractivity contribution is -0.129. The molecule has 1 saturated carbocycles. The van der Waals surface area contributed by atoms with Crippen LogP contribution in [-0.4, -0.2) is 29.3 Å². The van der Waals surface area contributed by atoms with Crippen LogP contribution in [0.2, 0.25) is 0 Å². The van der Waals surface area contributed by atoms with Crippen molar-refractivity contribution in [3.63, 3.8) is 0 Å². The molecule has 0 spiro atoms. The highest BCUT2D eigenvalue weighted by Crippen LogP contribution is 2.19. The summed E-state index contributed by atoms with van der Waals surface area (Å²) >= 11 is 0. The molecule has 1 aromatic carbocycles. The molecule has 0 saturated heterocycles. The third-order valence-electron chi connectivity index (χ3n) is 3.55. The number of nitrogens with one attached hydrogen (secondary N) is 1. The molecule has 1 unspecified atom stereocenters. The van der Waals surface area contributed by atoms with Crippen molar-refractivity contribution in [2.75, 3.05) is 0 Å². The zero-order chi connectivity index (χ0) is 14.5. The maximum absolute atomic E-state index is 12.8. The van der Waals surface area contributed by atoms with Crippen LogP contribution < -0.4 is 10.1 Å². The lowest BCUT2D eigenvalue weighted by Crippen LogP contribution is -2.49. The number of rotatable bonds is 4. The summed E-state index contributed by atoms with van der Waals surface area (Å²) in [4.78, 5) is 12.0. The molecule has 3 atom stereocenters. The van der Waals surface area contributed by atoms with Crippen molar-refractivity contribution in [2.45, 2.75) is 50.9 Å². The van der Waals surface area contributed by atoms with Gasteiger partial charge in [0.1, 0.15) is 11.6 Å². The van der Waals surface area contributed by atoms with Gasteiger partial charge in [-0.05, 0) is 44.0 Å². The predicted molar refractivity (Wildman–Crippen MR) is 72.9 cm³/mol. The van der Waals surface area contributed by atoms with E-state index in [1.54, 1.807) is 6.92 Å². The Morgan fingerprint density at radius 3 is 2.65 bits per heavy atom. The molecule has 1 aliphatic carbocycles. The van der Waals surface area contributed by atoms with Gasteiger partial charge >= 0.3 is 0 Å². The number of amides is 1. The molecule has 1 fully saturated rings. The molecule has 4 nitrogen and oxygen atoms in total. The van der Waals surface area contributed by atoms with Crippen LogP contribution in [0.1, 0.15) is 32.6 Å². The summed E-state index contributed by atoms with van der Waals surface area (Å²) < 4.78 is 18.2. The van der Waals surface area contributed by atoms with Gasteiger partial charge in [-0.25, -0.2) is 4.39 Å². The third-order valence-corrected chi connectivity index (χ3v) is 3.55. The van der Waals surface area contributed by atoms with Crippen LogP contribution in [0.15, 0.2) is 24.3 Å². The van der Waals surface area contributed by atoms with Gasteiger partial charge in [0, 0.05) is 0 Å². The normalized spacial score (nSPS) is 23.9. The second-order valence-electron chi connectivity index (χ2n) is 5.18. The van der Waals surface area contributed by atoms with E-state index in [0.717, 1.165) is 25.7 Å². The molecule has 1 amide bonds. The van der Waals surface area contributed by atoms with E-state index >= 15 is 0 Å². The highest BCUT2D eigenvalue weighted by molar-refractivity contribution is 5.81. The number of carbonyl (C=O) groups is 1. The molecular formula is C15H20FNO3. The summed E-state index contributed by atoms with van der Waals surface area (Å²) in [7, 11) is 0. The van der Waals surface area contributed by atoms with E-state index in [1.165, 1.54) is 24.3 Å². The maximum Gasteiger partial charge on any atom is 0.261 e. The quantitative estimate of drug-likeness (QED) is 0.887. The van der Waals surface area contributed by atoms with Crippen LogP contribution >= 0.6 is 0 Å². The van der Waals surface area contributed by atoms with Crippen LogP contribution in [0.3, 0.4) is 0 Å². The first-order valence-electron chi connectivity index (χ1n) is 6.97. The molecule has 0 aliphatic heterocycles. The molecule has 2 N–H and O–H groups in total. The van der Waals surface area contributed by atoms with E-state index in [1.807, 2.05) is 0 Å². The molecule has 0 aromatic heterocycles. The maximum atomic E-state index is 12.8. The third kappa shape index (κ3) is 3.93. The van der Waals surface area contributed by atoms with E-state index in [-0.39, 0.29) is 17.8 Å². The SMILES string of the molecule is CC(Oc1ccc(F)cc1)C(=O)N[C@H]1CCCC[C@@H]1O. The first kappa shape index (κ1) is 14.8. The van der Waals surface area contributed by atoms with Gasteiger partial charge in [-0.15, -0.1) is 0 Å². The Balaban J connectivity index is 1.86. The lowest BCUT2D eigenvalue weighted by Gasteiger charge is -2.29. The van der Waals surface area contributed by atoms with Gasteiger partial charge in [-0.3, -0.25) is 4.79 Å². The average molecular weight is 281 g/mol. The summed E-state index contributed by atoms with van der Waals surface area (Å²) in [5.41, 5.74) is 0. The zero-order valence-electron chi connectivity index (χ0n) is 11.5. The van der Waals surface area contributed by atoms with E-state index in [4.69, 9.17) is 4.74 Å². The number of carbonyl (C=O) groups excluding carboxylic acids is 1. The molecule has 1 aromatic rings. The second kappa shape index (κ2) is 6.70. The number of aliphatic hydroxyl groups excluding tert-OH is 1. The minimum absolute atomic E-state index is 0.199. The van der Waals surface area contributed by atoms with E-state index < -0.39 is 12.2 Å². The first-order chi connectivity index (χ1) is 9.56. The molecule has 0 radical (unpaired) electrons. The minimum Gasteiger partial charge on any atom is -0.481 e. The standard InChI is InChI=1S/C15H20FNO3/c1-10(20-12-8-6-11(16)7-9-12)15(19)17-13-4-2-3-5-14(13)18/h6-10,13-14,18H,2-5H2,1H3,(H,17,19)/t10?,13-,14-/m0/s1. The van der Waals surface area contributed by atoms with E-state index in [0.29, 0.717) is 5.75 Å².